The average Bonchev–Trinajstić information content (AvgIpc) is 2.59. The third-order valence-electron chi connectivity index (χ3n) is 2.51. The second kappa shape index (κ2) is 3.26. The number of rotatable bonds is 1. The zero-order chi connectivity index (χ0) is 11.1. The van der Waals surface area contributed by atoms with Gasteiger partial charge in [-0.1, -0.05) is 20.8 Å². The molecule has 0 aliphatic rings. The number of pyridine rings is 1. The summed E-state index contributed by atoms with van der Waals surface area (Å²) in [6.45, 7) is 6.53. The summed E-state index contributed by atoms with van der Waals surface area (Å²) in [6, 6.07) is 3.86. The summed E-state index contributed by atoms with van der Waals surface area (Å²) >= 11 is 0. The Bertz CT molecular complexity index is 480. The zero-order valence-electron chi connectivity index (χ0n) is 9.59. The van der Waals surface area contributed by atoms with E-state index in [-0.39, 0.29) is 5.41 Å². The Morgan fingerprint density at radius 1 is 1.27 bits per heavy atom. The third-order valence-corrected chi connectivity index (χ3v) is 2.51. The van der Waals surface area contributed by atoms with Gasteiger partial charge in [0.25, 0.3) is 0 Å². The molecule has 2 aromatic heterocycles. The molecule has 0 spiro atoms. The smallest absolute Gasteiger partial charge is 0.213 e. The molecule has 0 atom stereocenters. The molecular formula is C12H16N2O. The average molecular weight is 204 g/mol. The molecule has 80 valence electrons. The van der Waals surface area contributed by atoms with Crippen LogP contribution in [0.3, 0.4) is 0 Å². The molecule has 0 aliphatic carbocycles. The lowest BCUT2D eigenvalue weighted by molar-refractivity contribution is 0.399. The summed E-state index contributed by atoms with van der Waals surface area (Å²) in [5.74, 6) is 0.660. The Hall–Kier alpha value is -1.51. The molecule has 1 N–H and O–H groups in total. The monoisotopic (exact) mass is 204 g/mol. The van der Waals surface area contributed by atoms with E-state index >= 15 is 0 Å². The van der Waals surface area contributed by atoms with Gasteiger partial charge in [-0.2, -0.15) is 0 Å². The largest absolute Gasteiger partial charge is 0.481 e. The molecule has 0 unspecified atom stereocenters. The predicted octanol–water partition coefficient (Wildman–Crippen LogP) is 2.87. The van der Waals surface area contributed by atoms with E-state index in [1.54, 1.807) is 7.11 Å². The van der Waals surface area contributed by atoms with Crippen molar-refractivity contribution < 1.29 is 4.74 Å². The van der Waals surface area contributed by atoms with Crippen LogP contribution in [0.25, 0.3) is 11.0 Å². The molecule has 2 rings (SSSR count). The summed E-state index contributed by atoms with van der Waals surface area (Å²) in [6.07, 6.45) is 2.02. The van der Waals surface area contributed by atoms with Crippen LogP contribution in [0.15, 0.2) is 18.3 Å². The number of nitrogens with one attached hydrogen (secondary N) is 1. The molecule has 0 bridgehead atoms. The number of nitrogens with zero attached hydrogens (tertiary/aromatic N) is 1. The van der Waals surface area contributed by atoms with Crippen molar-refractivity contribution in [3.63, 3.8) is 0 Å². The second-order valence-electron chi connectivity index (χ2n) is 4.70. The molecule has 0 aliphatic heterocycles. The van der Waals surface area contributed by atoms with Gasteiger partial charge in [-0.15, -0.1) is 0 Å². The van der Waals surface area contributed by atoms with E-state index in [0.717, 1.165) is 11.0 Å². The molecule has 2 aromatic rings. The maximum Gasteiger partial charge on any atom is 0.213 e. The van der Waals surface area contributed by atoms with Crippen LogP contribution in [0.4, 0.5) is 0 Å². The van der Waals surface area contributed by atoms with Crippen LogP contribution in [0.1, 0.15) is 26.3 Å². The van der Waals surface area contributed by atoms with Crippen LogP contribution in [-0.4, -0.2) is 17.1 Å². The highest BCUT2D eigenvalue weighted by atomic mass is 16.5. The third kappa shape index (κ3) is 1.69. The van der Waals surface area contributed by atoms with Gasteiger partial charge in [0, 0.05) is 17.8 Å². The summed E-state index contributed by atoms with van der Waals surface area (Å²) in [5, 5.41) is 0. The maximum absolute atomic E-state index is 5.13. The zero-order valence-corrected chi connectivity index (χ0v) is 9.59. The molecule has 0 aromatic carbocycles. The van der Waals surface area contributed by atoms with E-state index in [9.17, 15) is 0 Å². The van der Waals surface area contributed by atoms with Crippen molar-refractivity contribution in [3.8, 4) is 5.88 Å². The number of H-pyrrole nitrogens is 1. The number of methoxy groups -OCH3 is 1. The van der Waals surface area contributed by atoms with E-state index in [4.69, 9.17) is 4.74 Å². The van der Waals surface area contributed by atoms with Gasteiger partial charge in [0.2, 0.25) is 5.88 Å². The van der Waals surface area contributed by atoms with Crippen LogP contribution in [0, 0.1) is 0 Å². The first-order chi connectivity index (χ1) is 7.02. The molecular weight excluding hydrogens is 188 g/mol. The van der Waals surface area contributed by atoms with Crippen molar-refractivity contribution in [2.75, 3.05) is 7.11 Å². The highest BCUT2D eigenvalue weighted by molar-refractivity contribution is 5.80. The highest BCUT2D eigenvalue weighted by Gasteiger charge is 2.19. The van der Waals surface area contributed by atoms with Crippen LogP contribution in [0.5, 0.6) is 5.88 Å². The minimum atomic E-state index is 0.0949. The first-order valence-corrected chi connectivity index (χ1v) is 5.05. The maximum atomic E-state index is 5.13. The fraction of sp³-hybridized carbons (Fsp3) is 0.417. The lowest BCUT2D eigenvalue weighted by atomic mass is 9.88. The van der Waals surface area contributed by atoms with Crippen molar-refractivity contribution in [2.45, 2.75) is 26.2 Å². The normalized spacial score (nSPS) is 12.0. The standard InChI is InChI=1S/C12H16N2O/c1-12(2,3)8-7-13-9-5-6-10(15-4)14-11(8)9/h5-7,13H,1-4H3. The fourth-order valence-corrected chi connectivity index (χ4v) is 1.67. The minimum Gasteiger partial charge on any atom is -0.481 e. The van der Waals surface area contributed by atoms with Crippen LogP contribution >= 0.6 is 0 Å². The number of aromatic nitrogens is 2. The van der Waals surface area contributed by atoms with Crippen LogP contribution in [0.2, 0.25) is 0 Å². The van der Waals surface area contributed by atoms with Gasteiger partial charge in [-0.3, -0.25) is 0 Å². The Labute approximate surface area is 89.5 Å². The molecule has 15 heavy (non-hydrogen) atoms. The van der Waals surface area contributed by atoms with Crippen molar-refractivity contribution >= 4 is 11.0 Å². The van der Waals surface area contributed by atoms with Gasteiger partial charge in [0.1, 0.15) is 0 Å². The number of hydrogen-bond donors (Lipinski definition) is 1. The van der Waals surface area contributed by atoms with Crippen molar-refractivity contribution in [2.24, 2.45) is 0 Å². The van der Waals surface area contributed by atoms with Crippen molar-refractivity contribution in [1.29, 1.82) is 0 Å². The Morgan fingerprint density at radius 2 is 2.00 bits per heavy atom. The topological polar surface area (TPSA) is 37.9 Å². The highest BCUT2D eigenvalue weighted by Crippen LogP contribution is 2.29. The molecule has 0 radical (unpaired) electrons. The predicted molar refractivity (Wildman–Crippen MR) is 61.3 cm³/mol. The van der Waals surface area contributed by atoms with Crippen molar-refractivity contribution in [1.82, 2.24) is 9.97 Å². The summed E-state index contributed by atoms with van der Waals surface area (Å²) in [7, 11) is 1.64. The Kier molecular flexibility index (Phi) is 2.18. The summed E-state index contributed by atoms with van der Waals surface area (Å²) in [4.78, 5) is 7.69. The molecule has 0 fully saturated rings. The van der Waals surface area contributed by atoms with E-state index in [2.05, 4.69) is 30.7 Å². The van der Waals surface area contributed by atoms with Gasteiger partial charge < -0.3 is 9.72 Å². The number of aromatic amines is 1. The van der Waals surface area contributed by atoms with Gasteiger partial charge in [0.05, 0.1) is 18.1 Å². The van der Waals surface area contributed by atoms with Crippen molar-refractivity contribution in [3.05, 3.63) is 23.9 Å². The van der Waals surface area contributed by atoms with E-state index in [1.165, 1.54) is 5.56 Å². The van der Waals surface area contributed by atoms with Crippen LogP contribution in [-0.2, 0) is 5.41 Å². The molecule has 0 amide bonds. The quantitative estimate of drug-likeness (QED) is 0.775. The molecule has 0 saturated heterocycles. The van der Waals surface area contributed by atoms with E-state index < -0.39 is 0 Å². The number of ether oxygens (including phenoxy) is 1. The Balaban J connectivity index is 2.67. The van der Waals surface area contributed by atoms with Crippen LogP contribution < -0.4 is 4.74 Å². The second-order valence-corrected chi connectivity index (χ2v) is 4.70. The van der Waals surface area contributed by atoms with Gasteiger partial charge in [0.15, 0.2) is 0 Å². The van der Waals surface area contributed by atoms with Gasteiger partial charge in [-0.25, -0.2) is 4.98 Å². The first kappa shape index (κ1) is 10.0. The fourth-order valence-electron chi connectivity index (χ4n) is 1.67. The summed E-state index contributed by atoms with van der Waals surface area (Å²) in [5.41, 5.74) is 3.37. The molecule has 3 heteroatoms. The SMILES string of the molecule is COc1ccc2[nH]cc(C(C)(C)C)c2n1. The molecule has 0 saturated carbocycles. The van der Waals surface area contributed by atoms with E-state index in [1.807, 2.05) is 18.3 Å². The lowest BCUT2D eigenvalue weighted by Crippen LogP contribution is -2.10. The van der Waals surface area contributed by atoms with Gasteiger partial charge in [-0.05, 0) is 11.5 Å². The first-order valence-electron chi connectivity index (χ1n) is 5.05. The Morgan fingerprint density at radius 3 is 2.60 bits per heavy atom. The minimum absolute atomic E-state index is 0.0949. The molecule has 2 heterocycles. The number of fused-ring (bicyclic) bond motifs is 1. The van der Waals surface area contributed by atoms with E-state index in [0.29, 0.717) is 5.88 Å². The number of hydrogen-bond acceptors (Lipinski definition) is 2. The summed E-state index contributed by atoms with van der Waals surface area (Å²) < 4.78 is 5.13. The van der Waals surface area contributed by atoms with Gasteiger partial charge >= 0.3 is 0 Å². The lowest BCUT2D eigenvalue weighted by Gasteiger charge is -2.16. The molecule has 3 nitrogen and oxygen atoms in total.